The van der Waals surface area contributed by atoms with E-state index in [-0.39, 0.29) is 19.2 Å². The number of alkyl halides is 2. The fraction of sp³-hybridized carbons (Fsp3) is 0.550. The van der Waals surface area contributed by atoms with Crippen molar-refractivity contribution in [3.8, 4) is 0 Å². The van der Waals surface area contributed by atoms with Gasteiger partial charge in [0.2, 0.25) is 12.4 Å². The number of rotatable bonds is 4. The van der Waals surface area contributed by atoms with Crippen LogP contribution in [0.4, 0.5) is 20.5 Å². The number of aromatic nitrogens is 6. The van der Waals surface area contributed by atoms with Gasteiger partial charge < -0.3 is 14.5 Å². The van der Waals surface area contributed by atoms with Crippen molar-refractivity contribution in [1.82, 2.24) is 29.7 Å². The minimum atomic E-state index is -2.33. The summed E-state index contributed by atoms with van der Waals surface area (Å²) in [6.07, 6.45) is 1.24. The number of anilines is 2. The highest BCUT2D eigenvalue weighted by atomic mass is 19.3. The van der Waals surface area contributed by atoms with Gasteiger partial charge in [0.25, 0.3) is 0 Å². The van der Waals surface area contributed by atoms with Gasteiger partial charge in [-0.15, -0.1) is 0 Å². The monoisotopic (exact) mass is 430 g/mol. The minimum absolute atomic E-state index is 0.150. The number of halogens is 2. The molecule has 0 N–H and O–H groups in total. The topological polar surface area (TPSA) is 85.1 Å². The Morgan fingerprint density at radius 2 is 1.81 bits per heavy atom. The Kier molecular flexibility index (Phi) is 4.92. The Hall–Kier alpha value is -2.95. The lowest BCUT2D eigenvalue weighted by atomic mass is 10.0. The number of hydrogen-bond acceptors (Lipinski definition) is 8. The van der Waals surface area contributed by atoms with Crippen molar-refractivity contribution in [3.05, 3.63) is 29.3 Å². The van der Waals surface area contributed by atoms with E-state index in [1.54, 1.807) is 10.9 Å². The maximum Gasteiger partial charge on any atom is 0.244 e. The fourth-order valence-corrected chi connectivity index (χ4v) is 3.93. The number of fused-ring (bicyclic) bond motifs is 1. The average Bonchev–Trinajstić information content (AvgIpc) is 3.14. The van der Waals surface area contributed by atoms with Gasteiger partial charge in [-0.3, -0.25) is 4.68 Å². The van der Waals surface area contributed by atoms with Crippen molar-refractivity contribution in [2.45, 2.75) is 26.4 Å². The Labute approximate surface area is 178 Å². The van der Waals surface area contributed by atoms with Crippen LogP contribution in [0.25, 0.3) is 11.2 Å². The Morgan fingerprint density at radius 1 is 1.03 bits per heavy atom. The van der Waals surface area contributed by atoms with Crippen LogP contribution in [0, 0.1) is 19.8 Å². The van der Waals surface area contributed by atoms with Crippen LogP contribution in [0.3, 0.4) is 0 Å². The molecule has 0 aliphatic carbocycles. The van der Waals surface area contributed by atoms with Crippen molar-refractivity contribution >= 4 is 22.9 Å². The van der Waals surface area contributed by atoms with Gasteiger partial charge in [-0.2, -0.15) is 15.1 Å². The molecule has 0 aromatic carbocycles. The summed E-state index contributed by atoms with van der Waals surface area (Å²) in [5.74, 6) is 0.431. The normalized spacial score (nSPS) is 20.0. The van der Waals surface area contributed by atoms with Crippen molar-refractivity contribution in [2.24, 2.45) is 13.0 Å². The molecule has 0 unspecified atom stereocenters. The van der Waals surface area contributed by atoms with E-state index in [0.29, 0.717) is 42.6 Å². The molecule has 2 aliphatic heterocycles. The highest BCUT2D eigenvalue weighted by Crippen LogP contribution is 2.33. The number of hydrogen-bond donors (Lipinski definition) is 0. The Morgan fingerprint density at radius 3 is 2.52 bits per heavy atom. The van der Waals surface area contributed by atoms with Crippen LogP contribution in [-0.2, 0) is 11.8 Å². The predicted molar refractivity (Wildman–Crippen MR) is 110 cm³/mol. The highest BCUT2D eigenvalue weighted by Gasteiger charge is 2.37. The second-order valence-corrected chi connectivity index (χ2v) is 8.17. The zero-order valence-electron chi connectivity index (χ0n) is 17.7. The highest BCUT2D eigenvalue weighted by molar-refractivity contribution is 5.85. The first kappa shape index (κ1) is 20.0. The molecule has 5 rings (SSSR count). The van der Waals surface area contributed by atoms with E-state index in [1.807, 2.05) is 36.9 Å². The molecule has 0 amide bonds. The summed E-state index contributed by atoms with van der Waals surface area (Å²) in [6, 6.07) is 0. The summed E-state index contributed by atoms with van der Waals surface area (Å²) in [6.45, 7) is 5.96. The molecule has 0 bridgehead atoms. The molecular formula is C20H24F2N8O. The first-order chi connectivity index (χ1) is 14.9. The van der Waals surface area contributed by atoms with Crippen LogP contribution >= 0.6 is 0 Å². The van der Waals surface area contributed by atoms with E-state index >= 15 is 0 Å². The number of morpholine rings is 1. The van der Waals surface area contributed by atoms with Crippen LogP contribution < -0.4 is 9.80 Å². The predicted octanol–water partition coefficient (Wildman–Crippen LogP) is 2.05. The van der Waals surface area contributed by atoms with Crippen molar-refractivity contribution in [3.63, 3.8) is 0 Å². The minimum Gasteiger partial charge on any atom is -0.370 e. The molecule has 3 aromatic rings. The summed E-state index contributed by atoms with van der Waals surface area (Å²) in [5.41, 5.74) is 3.58. The van der Waals surface area contributed by atoms with Crippen molar-refractivity contribution in [2.75, 3.05) is 42.6 Å². The molecule has 1 atom stereocenters. The molecule has 11 heteroatoms. The lowest BCUT2D eigenvalue weighted by molar-refractivity contribution is 0.0392. The van der Waals surface area contributed by atoms with E-state index in [0.717, 1.165) is 17.0 Å². The second-order valence-electron chi connectivity index (χ2n) is 8.17. The zero-order chi connectivity index (χ0) is 21.7. The largest absolute Gasteiger partial charge is 0.370 e. The van der Waals surface area contributed by atoms with Crippen LogP contribution in [-0.4, -0.2) is 68.9 Å². The Balaban J connectivity index is 1.50. The first-order valence-corrected chi connectivity index (χ1v) is 10.3. The van der Waals surface area contributed by atoms with E-state index in [4.69, 9.17) is 9.72 Å². The zero-order valence-corrected chi connectivity index (χ0v) is 17.7. The van der Waals surface area contributed by atoms with E-state index in [9.17, 15) is 8.78 Å². The van der Waals surface area contributed by atoms with Gasteiger partial charge in [0, 0.05) is 38.4 Å². The summed E-state index contributed by atoms with van der Waals surface area (Å²) >= 11 is 0. The molecule has 0 spiro atoms. The van der Waals surface area contributed by atoms with E-state index in [1.165, 1.54) is 0 Å². The second kappa shape index (κ2) is 7.63. The van der Waals surface area contributed by atoms with Crippen LogP contribution in [0.2, 0.25) is 0 Å². The average molecular weight is 430 g/mol. The quantitative estimate of drug-likeness (QED) is 0.622. The van der Waals surface area contributed by atoms with E-state index < -0.39 is 12.3 Å². The third-order valence-electron chi connectivity index (χ3n) is 5.92. The van der Waals surface area contributed by atoms with Gasteiger partial charge in [-0.25, -0.2) is 18.7 Å². The lowest BCUT2D eigenvalue weighted by Crippen LogP contribution is -2.50. The van der Waals surface area contributed by atoms with Gasteiger partial charge in [0.15, 0.2) is 17.0 Å². The number of nitrogens with zero attached hydrogens (tertiary/aromatic N) is 8. The maximum atomic E-state index is 13.1. The summed E-state index contributed by atoms with van der Waals surface area (Å²) < 4.78 is 33.8. The molecule has 0 radical (unpaired) electrons. The summed E-state index contributed by atoms with van der Waals surface area (Å²) in [7, 11) is 1.87. The van der Waals surface area contributed by atoms with Crippen molar-refractivity contribution in [1.29, 1.82) is 0 Å². The third-order valence-corrected chi connectivity index (χ3v) is 5.92. The molecule has 164 valence electrons. The Bertz CT molecular complexity index is 1110. The molecular weight excluding hydrogens is 406 g/mol. The van der Waals surface area contributed by atoms with Gasteiger partial charge >= 0.3 is 0 Å². The molecule has 2 saturated heterocycles. The van der Waals surface area contributed by atoms with Gasteiger partial charge in [-0.05, 0) is 13.8 Å². The molecule has 31 heavy (non-hydrogen) atoms. The van der Waals surface area contributed by atoms with Gasteiger partial charge in [-0.1, -0.05) is 0 Å². The smallest absolute Gasteiger partial charge is 0.244 e. The third kappa shape index (κ3) is 3.67. The summed E-state index contributed by atoms with van der Waals surface area (Å²) in [4.78, 5) is 22.6. The standard InChI is InChI=1S/C20H24F2N8O/c1-11-12(2)25-18-16(24-11)19(30-8-14(9-30)17(21)22)27-20(26-18)29-4-5-31-15(10-29)13-6-23-28(3)7-13/h6-7,14-15,17H,4-5,8-10H2,1-3H3/t15-/m0/s1. The SMILES string of the molecule is Cc1nc2nc(N3CCO[C@H](c4cnn(C)c4)C3)nc(N3CC(C(F)F)C3)c2nc1C. The molecule has 0 saturated carbocycles. The van der Waals surface area contributed by atoms with Crippen LogP contribution in [0.5, 0.6) is 0 Å². The molecule has 2 fully saturated rings. The van der Waals surface area contributed by atoms with E-state index in [2.05, 4.69) is 20.1 Å². The van der Waals surface area contributed by atoms with Crippen LogP contribution in [0.1, 0.15) is 23.1 Å². The van der Waals surface area contributed by atoms with Gasteiger partial charge in [0.1, 0.15) is 6.10 Å². The number of ether oxygens (including phenoxy) is 1. The maximum absolute atomic E-state index is 13.1. The fourth-order valence-electron chi connectivity index (χ4n) is 3.93. The number of aryl methyl sites for hydroxylation is 3. The molecule has 2 aliphatic rings. The lowest BCUT2D eigenvalue weighted by Gasteiger charge is -2.40. The first-order valence-electron chi connectivity index (χ1n) is 10.3. The molecule has 5 heterocycles. The summed E-state index contributed by atoms with van der Waals surface area (Å²) in [5, 5.41) is 4.23. The van der Waals surface area contributed by atoms with Gasteiger partial charge in [0.05, 0.1) is 36.7 Å². The van der Waals surface area contributed by atoms with Crippen molar-refractivity contribution < 1.29 is 13.5 Å². The molecule has 9 nitrogen and oxygen atoms in total. The molecule has 3 aromatic heterocycles. The van der Waals surface area contributed by atoms with Crippen LogP contribution in [0.15, 0.2) is 12.4 Å².